The average molecular weight is 495 g/mol. The Kier molecular flexibility index (Phi) is 6.35. The second kappa shape index (κ2) is 9.45. The first-order chi connectivity index (χ1) is 16.9. The van der Waals surface area contributed by atoms with Crippen molar-refractivity contribution in [3.63, 3.8) is 0 Å². The second-order valence-electron chi connectivity index (χ2n) is 8.93. The van der Waals surface area contributed by atoms with Gasteiger partial charge in [-0.2, -0.15) is 0 Å². The Bertz CT molecular complexity index is 1330. The molecule has 1 aromatic carbocycles. The third-order valence-electron chi connectivity index (χ3n) is 6.73. The van der Waals surface area contributed by atoms with Crippen molar-refractivity contribution in [2.75, 3.05) is 39.4 Å². The van der Waals surface area contributed by atoms with Gasteiger partial charge in [0, 0.05) is 37.4 Å². The summed E-state index contributed by atoms with van der Waals surface area (Å²) in [5.74, 6) is -1.55. The summed E-state index contributed by atoms with van der Waals surface area (Å²) in [7, 11) is 0. The summed E-state index contributed by atoms with van der Waals surface area (Å²) in [6.07, 6.45) is 1.79. The summed E-state index contributed by atoms with van der Waals surface area (Å²) < 4.78 is 7.18. The number of aliphatic hydroxyl groups excluding tert-OH is 1. The summed E-state index contributed by atoms with van der Waals surface area (Å²) in [5.41, 5.74) is 3.39. The molecule has 8 nitrogen and oxygen atoms in total. The number of aliphatic hydroxyl groups is 1. The van der Waals surface area contributed by atoms with Crippen LogP contribution < -0.4 is 0 Å². The molecule has 0 aliphatic carbocycles. The van der Waals surface area contributed by atoms with Gasteiger partial charge in [0.25, 0.3) is 11.7 Å². The fourth-order valence-corrected chi connectivity index (χ4v) is 5.03. The second-order valence-corrected chi connectivity index (χ2v) is 9.37. The Labute approximate surface area is 208 Å². The van der Waals surface area contributed by atoms with E-state index >= 15 is 0 Å². The van der Waals surface area contributed by atoms with Crippen molar-refractivity contribution in [2.45, 2.75) is 19.9 Å². The van der Waals surface area contributed by atoms with Crippen LogP contribution in [0.5, 0.6) is 0 Å². The van der Waals surface area contributed by atoms with E-state index < -0.39 is 17.7 Å². The number of ether oxygens (including phenoxy) is 1. The number of carbonyl (C=O) groups excluding carboxylic acids is 2. The third kappa shape index (κ3) is 4.22. The highest BCUT2D eigenvalue weighted by atomic mass is 35.5. The maximum Gasteiger partial charge on any atom is 0.295 e. The van der Waals surface area contributed by atoms with Crippen LogP contribution in [0.4, 0.5) is 0 Å². The summed E-state index contributed by atoms with van der Waals surface area (Å²) in [4.78, 5) is 35.0. The van der Waals surface area contributed by atoms with Crippen LogP contribution >= 0.6 is 11.6 Å². The lowest BCUT2D eigenvalue weighted by Gasteiger charge is -2.31. The van der Waals surface area contributed by atoms with Crippen molar-refractivity contribution in [1.29, 1.82) is 0 Å². The van der Waals surface area contributed by atoms with Gasteiger partial charge in [-0.1, -0.05) is 29.8 Å². The molecule has 0 radical (unpaired) electrons. The van der Waals surface area contributed by atoms with Gasteiger partial charge >= 0.3 is 0 Å². The first-order valence-corrected chi connectivity index (χ1v) is 12.0. The molecule has 0 spiro atoms. The Morgan fingerprint density at radius 1 is 1.11 bits per heavy atom. The van der Waals surface area contributed by atoms with Crippen molar-refractivity contribution in [3.05, 3.63) is 75.7 Å². The Hall–Kier alpha value is -3.20. The molecule has 35 heavy (non-hydrogen) atoms. The molecule has 1 atom stereocenters. The van der Waals surface area contributed by atoms with Crippen molar-refractivity contribution in [2.24, 2.45) is 0 Å². The molecule has 182 valence electrons. The largest absolute Gasteiger partial charge is 0.505 e. The van der Waals surface area contributed by atoms with Crippen LogP contribution in [-0.4, -0.2) is 75.4 Å². The maximum absolute atomic E-state index is 13.4. The van der Waals surface area contributed by atoms with Gasteiger partial charge in [0.1, 0.15) is 11.3 Å². The van der Waals surface area contributed by atoms with Crippen molar-refractivity contribution >= 4 is 34.7 Å². The molecule has 3 aromatic rings. The van der Waals surface area contributed by atoms with Gasteiger partial charge in [0.15, 0.2) is 5.76 Å². The van der Waals surface area contributed by atoms with E-state index in [1.54, 1.807) is 46.7 Å². The topological polar surface area (TPSA) is 87.4 Å². The fourth-order valence-electron chi connectivity index (χ4n) is 4.91. The summed E-state index contributed by atoms with van der Waals surface area (Å²) in [5, 5.41) is 12.1. The van der Waals surface area contributed by atoms with Gasteiger partial charge in [-0.3, -0.25) is 18.9 Å². The number of aromatic nitrogens is 2. The third-order valence-corrected chi connectivity index (χ3v) is 6.98. The number of nitrogens with zero attached hydrogens (tertiary/aromatic N) is 4. The molecule has 2 aliphatic rings. The number of hydrogen-bond donors (Lipinski definition) is 1. The molecule has 5 rings (SSSR count). The molecular weight excluding hydrogens is 468 g/mol. The van der Waals surface area contributed by atoms with Gasteiger partial charge in [0.2, 0.25) is 0 Å². The van der Waals surface area contributed by atoms with E-state index in [1.807, 2.05) is 19.1 Å². The molecule has 2 fully saturated rings. The van der Waals surface area contributed by atoms with Crippen LogP contribution in [0, 0.1) is 13.8 Å². The number of imidazole rings is 1. The van der Waals surface area contributed by atoms with Gasteiger partial charge < -0.3 is 14.7 Å². The van der Waals surface area contributed by atoms with E-state index in [1.165, 1.54) is 0 Å². The Morgan fingerprint density at radius 2 is 1.83 bits per heavy atom. The van der Waals surface area contributed by atoms with E-state index in [0.29, 0.717) is 53.9 Å². The number of pyridine rings is 1. The number of benzene rings is 1. The molecule has 0 saturated carbocycles. The quantitative estimate of drug-likeness (QED) is 0.332. The average Bonchev–Trinajstić information content (AvgIpc) is 3.33. The van der Waals surface area contributed by atoms with Crippen LogP contribution in [0.2, 0.25) is 5.02 Å². The lowest BCUT2D eigenvalue weighted by Crippen LogP contribution is -2.42. The number of likely N-dealkylation sites (tertiary alicyclic amines) is 1. The summed E-state index contributed by atoms with van der Waals surface area (Å²) in [6.45, 7) is 7.51. The number of morpholine rings is 1. The molecule has 2 aliphatic heterocycles. The Balaban J connectivity index is 1.62. The van der Waals surface area contributed by atoms with Gasteiger partial charge in [-0.05, 0) is 43.2 Å². The lowest BCUT2D eigenvalue weighted by atomic mass is 9.96. The molecule has 0 bridgehead atoms. The van der Waals surface area contributed by atoms with Gasteiger partial charge in [-0.15, -0.1) is 0 Å². The van der Waals surface area contributed by atoms with E-state index in [0.717, 1.165) is 18.7 Å². The normalized spacial score (nSPS) is 20.8. The zero-order valence-electron chi connectivity index (χ0n) is 19.7. The predicted molar refractivity (Wildman–Crippen MR) is 132 cm³/mol. The molecule has 4 heterocycles. The van der Waals surface area contributed by atoms with Crippen LogP contribution in [0.25, 0.3) is 11.4 Å². The monoisotopic (exact) mass is 494 g/mol. The molecule has 2 aromatic heterocycles. The van der Waals surface area contributed by atoms with Crippen LogP contribution in [0.1, 0.15) is 28.6 Å². The molecule has 9 heteroatoms. The number of amides is 1. The maximum atomic E-state index is 13.4. The minimum atomic E-state index is -0.733. The fraction of sp³-hybridized carbons (Fsp3) is 0.346. The SMILES string of the molecule is Cc1nc2c(C)cccn2c1/C(O)=C1\C(=O)C(=O)N(CCN2CCOCC2)C1c1ccc(Cl)cc1. The number of Topliss-reactive ketones (excluding diaryl/α,β-unsaturated/α-hetero) is 1. The Morgan fingerprint density at radius 3 is 2.54 bits per heavy atom. The molecule has 1 unspecified atom stereocenters. The number of aryl methyl sites for hydroxylation is 2. The summed E-state index contributed by atoms with van der Waals surface area (Å²) in [6, 6.07) is 10.1. The molecular formula is C26H27ClN4O4. The minimum Gasteiger partial charge on any atom is -0.505 e. The van der Waals surface area contributed by atoms with Crippen LogP contribution in [0.3, 0.4) is 0 Å². The van der Waals surface area contributed by atoms with Gasteiger partial charge in [-0.25, -0.2) is 4.98 Å². The van der Waals surface area contributed by atoms with Crippen molar-refractivity contribution < 1.29 is 19.4 Å². The summed E-state index contributed by atoms with van der Waals surface area (Å²) >= 11 is 6.12. The zero-order chi connectivity index (χ0) is 24.7. The van der Waals surface area contributed by atoms with E-state index in [2.05, 4.69) is 9.88 Å². The number of halogens is 1. The van der Waals surface area contributed by atoms with E-state index in [4.69, 9.17) is 16.3 Å². The highest BCUT2D eigenvalue weighted by molar-refractivity contribution is 6.46. The van der Waals surface area contributed by atoms with Gasteiger partial charge in [0.05, 0.1) is 30.5 Å². The number of hydrogen-bond acceptors (Lipinski definition) is 6. The number of rotatable bonds is 5. The highest BCUT2D eigenvalue weighted by Crippen LogP contribution is 2.40. The molecule has 1 amide bonds. The van der Waals surface area contributed by atoms with Crippen molar-refractivity contribution in [3.8, 4) is 0 Å². The minimum absolute atomic E-state index is 0.0608. The van der Waals surface area contributed by atoms with Crippen LogP contribution in [-0.2, 0) is 14.3 Å². The van der Waals surface area contributed by atoms with E-state index in [9.17, 15) is 14.7 Å². The first-order valence-electron chi connectivity index (χ1n) is 11.7. The predicted octanol–water partition coefficient (Wildman–Crippen LogP) is 3.36. The lowest BCUT2D eigenvalue weighted by molar-refractivity contribution is -0.140. The number of ketones is 1. The molecule has 2 saturated heterocycles. The highest BCUT2D eigenvalue weighted by Gasteiger charge is 2.46. The zero-order valence-corrected chi connectivity index (χ0v) is 20.5. The first kappa shape index (κ1) is 23.5. The molecule has 1 N–H and O–H groups in total. The van der Waals surface area contributed by atoms with Crippen molar-refractivity contribution in [1.82, 2.24) is 19.2 Å². The number of carbonyl (C=O) groups is 2. The van der Waals surface area contributed by atoms with E-state index in [-0.39, 0.29) is 11.3 Å². The smallest absolute Gasteiger partial charge is 0.295 e. The number of fused-ring (bicyclic) bond motifs is 1. The standard InChI is InChI=1S/C26H27ClN4O4/c1-16-4-3-9-30-21(17(2)28-25(16)30)23(32)20-22(18-5-7-19(27)8-6-18)31(26(34)24(20)33)11-10-29-12-14-35-15-13-29/h3-9,22,32H,10-15H2,1-2H3/b23-20+. The van der Waals surface area contributed by atoms with Crippen LogP contribution in [0.15, 0.2) is 48.2 Å².